The van der Waals surface area contributed by atoms with Crippen molar-refractivity contribution < 1.29 is 52.6 Å². The molecular formula is C68H104N8O11. The molecule has 0 saturated heterocycles. The fraction of sp³-hybridized carbons (Fsp3) is 0.779. The van der Waals surface area contributed by atoms with E-state index in [4.69, 9.17) is 9.47 Å². The van der Waals surface area contributed by atoms with Gasteiger partial charge in [-0.15, -0.1) is 0 Å². The quantitative estimate of drug-likeness (QED) is 0.0654. The molecule has 8 fully saturated rings. The summed E-state index contributed by atoms with van der Waals surface area (Å²) in [6, 6.07) is 6.24. The SMILES string of the molecule is CC1(C)C[C@H](NC(=O)[C@H]2CCC[C@@H]2NC(=O)OC(C)(C)C)[C@@H](C(=O)N[C@H]2CCC[C@@H]2C(=O)N[C@H]2CC(C)(C)C[C@@H]2C(=O)N[C@H]2CCC[C@@H]2C(=O)N[C@H]2CC(C)(C)C[C@@H]2C(=O)N[C@H]2CCC[C@@H]2C(=O)N[C@H]2CC(C)(C)C[C@@H]2C(=O)OCc2ccccc2)C1. The largest absolute Gasteiger partial charge is 0.461 e. The minimum absolute atomic E-state index is 0.165. The molecule has 482 valence electrons. The van der Waals surface area contributed by atoms with Gasteiger partial charge in [-0.3, -0.25) is 38.4 Å². The van der Waals surface area contributed by atoms with Crippen LogP contribution in [-0.4, -0.2) is 107 Å². The Kier molecular flexibility index (Phi) is 19.9. The molecule has 0 spiro atoms. The minimum Gasteiger partial charge on any atom is -0.461 e. The summed E-state index contributed by atoms with van der Waals surface area (Å²) in [6.07, 6.45) is 12.1. The van der Waals surface area contributed by atoms with E-state index in [1.165, 1.54) is 0 Å². The van der Waals surface area contributed by atoms with Crippen molar-refractivity contribution in [1.29, 1.82) is 0 Å². The topological polar surface area (TPSA) is 268 Å². The summed E-state index contributed by atoms with van der Waals surface area (Å²) in [5.41, 5.74) is -0.661. The molecular weight excluding hydrogens is 1100 g/mol. The molecule has 87 heavy (non-hydrogen) atoms. The van der Waals surface area contributed by atoms with Crippen LogP contribution in [0, 0.1) is 69.0 Å². The molecule has 0 heterocycles. The lowest BCUT2D eigenvalue weighted by atomic mass is 9.90. The first kappa shape index (κ1) is 65.7. The Hall–Kier alpha value is -5.75. The highest BCUT2D eigenvalue weighted by Crippen LogP contribution is 2.46. The zero-order chi connectivity index (χ0) is 63.0. The molecule has 8 amide bonds. The van der Waals surface area contributed by atoms with Crippen LogP contribution in [0.5, 0.6) is 0 Å². The highest BCUT2D eigenvalue weighted by atomic mass is 16.6. The zero-order valence-electron chi connectivity index (χ0n) is 54.0. The number of carbonyl (C=O) groups is 9. The fourth-order valence-corrected chi connectivity index (χ4v) is 17.0. The number of amides is 8. The Morgan fingerprint density at radius 2 is 0.644 bits per heavy atom. The maximum absolute atomic E-state index is 14.5. The van der Waals surface area contributed by atoms with Crippen molar-refractivity contribution in [3.05, 3.63) is 35.9 Å². The highest BCUT2D eigenvalue weighted by molar-refractivity contribution is 5.89. The van der Waals surface area contributed by atoms with Gasteiger partial charge >= 0.3 is 12.1 Å². The summed E-state index contributed by atoms with van der Waals surface area (Å²) >= 11 is 0. The number of carbonyl (C=O) groups excluding carboxylic acids is 9. The van der Waals surface area contributed by atoms with Gasteiger partial charge in [-0.2, -0.15) is 0 Å². The number of hydrogen-bond acceptors (Lipinski definition) is 11. The molecule has 0 radical (unpaired) electrons. The van der Waals surface area contributed by atoms with Crippen LogP contribution in [0.4, 0.5) is 4.79 Å². The van der Waals surface area contributed by atoms with Gasteiger partial charge in [0.1, 0.15) is 12.2 Å². The van der Waals surface area contributed by atoms with Crippen molar-refractivity contribution in [1.82, 2.24) is 42.5 Å². The van der Waals surface area contributed by atoms with E-state index in [0.717, 1.165) is 31.2 Å². The molecule has 8 aliphatic rings. The Morgan fingerprint density at radius 3 is 0.966 bits per heavy atom. The number of benzene rings is 1. The molecule has 8 aliphatic carbocycles. The van der Waals surface area contributed by atoms with E-state index < -0.39 is 89.2 Å². The monoisotopic (exact) mass is 1210 g/mol. The number of rotatable bonds is 18. The van der Waals surface area contributed by atoms with E-state index in [0.29, 0.717) is 103 Å². The summed E-state index contributed by atoms with van der Waals surface area (Å²) in [5.74, 6) is -5.57. The van der Waals surface area contributed by atoms with Gasteiger partial charge in [0.2, 0.25) is 41.4 Å². The van der Waals surface area contributed by atoms with Crippen LogP contribution in [0.15, 0.2) is 30.3 Å². The lowest BCUT2D eigenvalue weighted by Crippen LogP contribution is -2.54. The van der Waals surface area contributed by atoms with Gasteiger partial charge < -0.3 is 52.0 Å². The van der Waals surface area contributed by atoms with Crippen molar-refractivity contribution in [2.45, 2.75) is 265 Å². The van der Waals surface area contributed by atoms with Crippen molar-refractivity contribution >= 4 is 53.4 Å². The first-order valence-electron chi connectivity index (χ1n) is 33.1. The molecule has 19 nitrogen and oxygen atoms in total. The molecule has 16 atom stereocenters. The van der Waals surface area contributed by atoms with Crippen molar-refractivity contribution in [3.8, 4) is 0 Å². The third-order valence-corrected chi connectivity index (χ3v) is 21.1. The number of alkyl carbamates (subject to hydrolysis) is 1. The molecule has 8 N–H and O–H groups in total. The fourth-order valence-electron chi connectivity index (χ4n) is 17.0. The number of nitrogens with one attached hydrogen (secondary N) is 8. The molecule has 0 unspecified atom stereocenters. The first-order chi connectivity index (χ1) is 40.8. The summed E-state index contributed by atoms with van der Waals surface area (Å²) in [5, 5.41) is 25.7. The van der Waals surface area contributed by atoms with Gasteiger partial charge in [0.05, 0.1) is 47.3 Å². The third-order valence-electron chi connectivity index (χ3n) is 21.1. The lowest BCUT2D eigenvalue weighted by Gasteiger charge is -2.29. The van der Waals surface area contributed by atoms with E-state index in [2.05, 4.69) is 97.9 Å². The smallest absolute Gasteiger partial charge is 0.407 e. The Labute approximate surface area is 516 Å². The molecule has 9 rings (SSSR count). The van der Waals surface area contributed by atoms with Gasteiger partial charge in [-0.25, -0.2) is 4.79 Å². The molecule has 19 heteroatoms. The van der Waals surface area contributed by atoms with Crippen molar-refractivity contribution in [3.63, 3.8) is 0 Å². The zero-order valence-corrected chi connectivity index (χ0v) is 54.0. The predicted molar refractivity (Wildman–Crippen MR) is 328 cm³/mol. The predicted octanol–water partition coefficient (Wildman–Crippen LogP) is 7.96. The van der Waals surface area contributed by atoms with Gasteiger partial charge in [0.15, 0.2) is 0 Å². The standard InChI is InChI=1S/C68H104N8O11/c1-64(2,3)87-63(85)76-50-28-18-24-42(50)58(80)74-53-35-67(8,9)31-45(53)61(83)70-48-26-16-22-40(48)56(78)72-51-33-65(4,5)29-43(51)59(81)69-47-25-15-21-39(47)55(77)73-52-34-66(6,7)30-44(52)60(82)71-49-27-17-23-41(49)57(79)75-54-36-68(10,11)32-46(54)62(84)86-37-38-19-13-12-14-20-38/h12-14,19-20,39-54H,15-18,21-37H2,1-11H3,(H,69,81)(H,70,83)(H,71,82)(H,72,78)(H,73,77)(H,74,80)(H,75,79)(H,76,85)/t39-,40-,41-,42-,43-,44-,45-,46-,47-,48-,49-,50-,51-,52-,53-,54-/m0/s1. The van der Waals surface area contributed by atoms with Gasteiger partial charge in [0.25, 0.3) is 0 Å². The summed E-state index contributed by atoms with van der Waals surface area (Å²) < 4.78 is 11.2. The number of esters is 1. The number of hydrogen-bond donors (Lipinski definition) is 8. The van der Waals surface area contributed by atoms with Crippen LogP contribution in [0.3, 0.4) is 0 Å². The Bertz CT molecular complexity index is 2720. The normalized spacial score (nSPS) is 34.5. The number of ether oxygens (including phenoxy) is 2. The van der Waals surface area contributed by atoms with Crippen molar-refractivity contribution in [2.24, 2.45) is 69.0 Å². The van der Waals surface area contributed by atoms with Crippen LogP contribution in [0.2, 0.25) is 0 Å². The van der Waals surface area contributed by atoms with Crippen molar-refractivity contribution in [2.75, 3.05) is 0 Å². The average Bonchev–Trinajstić information content (AvgIpc) is 2.40. The van der Waals surface area contributed by atoms with Crippen LogP contribution >= 0.6 is 0 Å². The average molecular weight is 1210 g/mol. The second-order valence-electron chi connectivity index (χ2n) is 32.0. The van der Waals surface area contributed by atoms with Crippen LogP contribution < -0.4 is 42.5 Å². The summed E-state index contributed by atoms with van der Waals surface area (Å²) in [6.45, 7) is 22.4. The second-order valence-corrected chi connectivity index (χ2v) is 32.0. The molecule has 8 saturated carbocycles. The van der Waals surface area contributed by atoms with E-state index in [9.17, 15) is 43.2 Å². The van der Waals surface area contributed by atoms with E-state index in [1.54, 1.807) is 20.8 Å². The maximum atomic E-state index is 14.5. The van der Waals surface area contributed by atoms with E-state index in [-0.39, 0.29) is 93.7 Å². The van der Waals surface area contributed by atoms with Gasteiger partial charge in [-0.1, -0.05) is 111 Å². The lowest BCUT2D eigenvalue weighted by molar-refractivity contribution is -0.151. The van der Waals surface area contributed by atoms with E-state index >= 15 is 0 Å². The second kappa shape index (κ2) is 26.4. The third kappa shape index (κ3) is 16.6. The highest BCUT2D eigenvalue weighted by Gasteiger charge is 2.52. The summed E-state index contributed by atoms with van der Waals surface area (Å²) in [4.78, 5) is 126. The Balaban J connectivity index is 0.767. The summed E-state index contributed by atoms with van der Waals surface area (Å²) in [7, 11) is 0. The molecule has 1 aromatic carbocycles. The van der Waals surface area contributed by atoms with Crippen LogP contribution in [0.25, 0.3) is 0 Å². The van der Waals surface area contributed by atoms with E-state index in [1.807, 2.05) is 30.3 Å². The first-order valence-corrected chi connectivity index (χ1v) is 33.1. The van der Waals surface area contributed by atoms with Gasteiger partial charge in [-0.05, 0) is 151 Å². The Morgan fingerprint density at radius 1 is 0.368 bits per heavy atom. The minimum atomic E-state index is -0.673. The van der Waals surface area contributed by atoms with Crippen LogP contribution in [-0.2, 0) is 54.4 Å². The van der Waals surface area contributed by atoms with Crippen LogP contribution in [0.1, 0.15) is 210 Å². The molecule has 0 aromatic heterocycles. The molecule has 0 aliphatic heterocycles. The maximum Gasteiger partial charge on any atom is 0.407 e. The molecule has 0 bridgehead atoms. The molecule has 1 aromatic rings. The van der Waals surface area contributed by atoms with Gasteiger partial charge in [0, 0.05) is 48.3 Å².